The Morgan fingerprint density at radius 1 is 1.12 bits per heavy atom. The zero-order valence-electron chi connectivity index (χ0n) is 19.2. The highest BCUT2D eigenvalue weighted by molar-refractivity contribution is 7.89. The van der Waals surface area contributed by atoms with Crippen LogP contribution in [0.25, 0.3) is 0 Å². The van der Waals surface area contributed by atoms with E-state index in [-0.39, 0.29) is 35.5 Å². The van der Waals surface area contributed by atoms with Crippen molar-refractivity contribution in [2.45, 2.75) is 25.2 Å². The standard InChI is InChI=1S/C24H29N3O6S/c1-3-33-22-8-7-19(34(30,31)27-9-11-32-12-10-27)15-21(22)26-23(28)17-5-4-6-18(14-17)25-24(29)20-13-16(20)2/h4-8,14-16,20H,3,9-13H2,1-2H3,(H,25,29)(H,26,28). The van der Waals surface area contributed by atoms with Crippen LogP contribution in [0.15, 0.2) is 47.4 Å². The average molecular weight is 488 g/mol. The van der Waals surface area contributed by atoms with Crippen molar-refractivity contribution >= 4 is 33.2 Å². The van der Waals surface area contributed by atoms with Gasteiger partial charge in [-0.3, -0.25) is 9.59 Å². The highest BCUT2D eigenvalue weighted by atomic mass is 32.2. The molecule has 2 aliphatic rings. The largest absolute Gasteiger partial charge is 0.492 e. The first-order valence-electron chi connectivity index (χ1n) is 11.4. The molecule has 1 heterocycles. The molecule has 2 amide bonds. The summed E-state index contributed by atoms with van der Waals surface area (Å²) in [5.74, 6) is 0.262. The van der Waals surface area contributed by atoms with Gasteiger partial charge in [-0.05, 0) is 55.7 Å². The smallest absolute Gasteiger partial charge is 0.255 e. The molecule has 0 radical (unpaired) electrons. The Morgan fingerprint density at radius 2 is 1.85 bits per heavy atom. The van der Waals surface area contributed by atoms with E-state index in [1.165, 1.54) is 16.4 Å². The van der Waals surface area contributed by atoms with E-state index in [2.05, 4.69) is 10.6 Å². The monoisotopic (exact) mass is 487 g/mol. The molecule has 0 aromatic heterocycles. The van der Waals surface area contributed by atoms with Crippen molar-refractivity contribution in [3.8, 4) is 5.75 Å². The minimum Gasteiger partial charge on any atom is -0.492 e. The van der Waals surface area contributed by atoms with Crippen molar-refractivity contribution < 1.29 is 27.5 Å². The van der Waals surface area contributed by atoms with E-state index in [0.717, 1.165) is 6.42 Å². The lowest BCUT2D eigenvalue weighted by atomic mass is 10.1. The number of carbonyl (C=O) groups is 2. The molecule has 0 spiro atoms. The summed E-state index contributed by atoms with van der Waals surface area (Å²) >= 11 is 0. The van der Waals surface area contributed by atoms with E-state index < -0.39 is 15.9 Å². The second kappa shape index (κ2) is 10.1. The fourth-order valence-electron chi connectivity index (χ4n) is 3.84. The Morgan fingerprint density at radius 3 is 2.53 bits per heavy atom. The fourth-order valence-corrected chi connectivity index (χ4v) is 5.27. The van der Waals surface area contributed by atoms with Gasteiger partial charge in [0.15, 0.2) is 0 Å². The predicted molar refractivity (Wildman–Crippen MR) is 127 cm³/mol. The quantitative estimate of drug-likeness (QED) is 0.592. The number of sulfonamides is 1. The summed E-state index contributed by atoms with van der Waals surface area (Å²) in [6, 6.07) is 11.1. The van der Waals surface area contributed by atoms with Crippen LogP contribution in [-0.4, -0.2) is 57.4 Å². The molecular formula is C24H29N3O6S. The number of amides is 2. The van der Waals surface area contributed by atoms with E-state index >= 15 is 0 Å². The van der Waals surface area contributed by atoms with Crippen LogP contribution >= 0.6 is 0 Å². The summed E-state index contributed by atoms with van der Waals surface area (Å²) in [6.45, 7) is 5.40. The summed E-state index contributed by atoms with van der Waals surface area (Å²) in [7, 11) is -3.74. The van der Waals surface area contributed by atoms with E-state index in [1.54, 1.807) is 37.3 Å². The number of nitrogens with zero attached hydrogens (tertiary/aromatic N) is 1. The third-order valence-electron chi connectivity index (χ3n) is 5.95. The molecule has 1 saturated carbocycles. The normalized spacial score (nSPS) is 20.4. The van der Waals surface area contributed by atoms with E-state index in [9.17, 15) is 18.0 Å². The van der Waals surface area contributed by atoms with Gasteiger partial charge in [0.25, 0.3) is 5.91 Å². The maximum atomic E-state index is 13.1. The number of morpholine rings is 1. The second-order valence-corrected chi connectivity index (χ2v) is 10.4. The Hall–Kier alpha value is -2.95. The molecule has 4 rings (SSSR count). The van der Waals surface area contributed by atoms with Crippen LogP contribution in [0.4, 0.5) is 11.4 Å². The van der Waals surface area contributed by atoms with Crippen LogP contribution in [0, 0.1) is 11.8 Å². The molecule has 1 aliphatic heterocycles. The molecule has 182 valence electrons. The minimum atomic E-state index is -3.74. The van der Waals surface area contributed by atoms with E-state index in [4.69, 9.17) is 9.47 Å². The van der Waals surface area contributed by atoms with E-state index in [1.807, 2.05) is 6.92 Å². The van der Waals surface area contributed by atoms with E-state index in [0.29, 0.717) is 42.7 Å². The van der Waals surface area contributed by atoms with Crippen LogP contribution < -0.4 is 15.4 Å². The summed E-state index contributed by atoms with van der Waals surface area (Å²) in [4.78, 5) is 25.3. The molecule has 34 heavy (non-hydrogen) atoms. The zero-order valence-corrected chi connectivity index (χ0v) is 20.1. The molecule has 0 bridgehead atoms. The van der Waals surface area contributed by atoms with Crippen molar-refractivity contribution in [3.63, 3.8) is 0 Å². The molecule has 2 fully saturated rings. The van der Waals surface area contributed by atoms with Crippen molar-refractivity contribution in [2.75, 3.05) is 43.5 Å². The molecule has 1 aliphatic carbocycles. The third-order valence-corrected chi connectivity index (χ3v) is 7.84. The summed E-state index contributed by atoms with van der Waals surface area (Å²) in [5.41, 5.74) is 1.11. The van der Waals surface area contributed by atoms with Crippen molar-refractivity contribution in [3.05, 3.63) is 48.0 Å². The first-order valence-corrected chi connectivity index (χ1v) is 12.8. The number of ether oxygens (including phenoxy) is 2. The van der Waals surface area contributed by atoms with Gasteiger partial charge in [0.2, 0.25) is 15.9 Å². The first-order chi connectivity index (χ1) is 16.3. The van der Waals surface area contributed by atoms with Crippen molar-refractivity contribution in [1.29, 1.82) is 0 Å². The SMILES string of the molecule is CCOc1ccc(S(=O)(=O)N2CCOCC2)cc1NC(=O)c1cccc(NC(=O)C2CC2C)c1. The van der Waals surface area contributed by atoms with Crippen LogP contribution in [0.2, 0.25) is 0 Å². The molecule has 2 aromatic rings. The Balaban J connectivity index is 1.55. The van der Waals surface area contributed by atoms with Crippen LogP contribution in [-0.2, 0) is 19.6 Å². The average Bonchev–Trinajstić information content (AvgIpc) is 3.57. The number of anilines is 2. The lowest BCUT2D eigenvalue weighted by Crippen LogP contribution is -2.40. The summed E-state index contributed by atoms with van der Waals surface area (Å²) in [6.07, 6.45) is 0.871. The Bertz CT molecular complexity index is 1180. The second-order valence-electron chi connectivity index (χ2n) is 8.45. The van der Waals surface area contributed by atoms with Gasteiger partial charge in [0.1, 0.15) is 5.75 Å². The Kier molecular flexibility index (Phi) is 7.20. The zero-order chi connectivity index (χ0) is 24.3. The van der Waals surface area contributed by atoms with Crippen LogP contribution in [0.1, 0.15) is 30.6 Å². The fraction of sp³-hybridized carbons (Fsp3) is 0.417. The number of nitrogens with one attached hydrogen (secondary N) is 2. The molecule has 9 nitrogen and oxygen atoms in total. The molecule has 2 aromatic carbocycles. The topological polar surface area (TPSA) is 114 Å². The van der Waals surface area contributed by atoms with Crippen LogP contribution in [0.5, 0.6) is 5.75 Å². The number of hydrogen-bond acceptors (Lipinski definition) is 6. The van der Waals surface area contributed by atoms with Gasteiger partial charge in [0.05, 0.1) is 30.4 Å². The highest BCUT2D eigenvalue weighted by Gasteiger charge is 2.39. The number of benzene rings is 2. The Labute approximate surface area is 199 Å². The van der Waals surface area contributed by atoms with Gasteiger partial charge in [0, 0.05) is 30.3 Å². The predicted octanol–water partition coefficient (Wildman–Crippen LogP) is 2.95. The summed E-state index contributed by atoms with van der Waals surface area (Å²) in [5, 5.41) is 5.62. The summed E-state index contributed by atoms with van der Waals surface area (Å²) < 4.78 is 38.4. The molecule has 2 atom stereocenters. The van der Waals surface area contributed by atoms with Gasteiger partial charge < -0.3 is 20.1 Å². The first kappa shape index (κ1) is 24.2. The van der Waals surface area contributed by atoms with Gasteiger partial charge in [-0.25, -0.2) is 8.42 Å². The molecular weight excluding hydrogens is 458 g/mol. The third kappa shape index (κ3) is 5.40. The lowest BCUT2D eigenvalue weighted by molar-refractivity contribution is -0.117. The number of carbonyl (C=O) groups excluding carboxylic acids is 2. The maximum Gasteiger partial charge on any atom is 0.255 e. The lowest BCUT2D eigenvalue weighted by Gasteiger charge is -2.26. The molecule has 2 unspecified atom stereocenters. The van der Waals surface area contributed by atoms with Gasteiger partial charge in [-0.2, -0.15) is 4.31 Å². The number of rotatable bonds is 8. The van der Waals surface area contributed by atoms with Crippen molar-refractivity contribution in [1.82, 2.24) is 4.31 Å². The van der Waals surface area contributed by atoms with Gasteiger partial charge in [-0.15, -0.1) is 0 Å². The molecule has 2 N–H and O–H groups in total. The minimum absolute atomic E-state index is 0.0161. The van der Waals surface area contributed by atoms with Crippen LogP contribution in [0.3, 0.4) is 0 Å². The molecule has 10 heteroatoms. The molecule has 1 saturated heterocycles. The highest BCUT2D eigenvalue weighted by Crippen LogP contribution is 2.38. The van der Waals surface area contributed by atoms with Gasteiger partial charge in [-0.1, -0.05) is 13.0 Å². The maximum absolute atomic E-state index is 13.1. The van der Waals surface area contributed by atoms with Crippen molar-refractivity contribution in [2.24, 2.45) is 11.8 Å². The van der Waals surface area contributed by atoms with Gasteiger partial charge >= 0.3 is 0 Å². The number of hydrogen-bond donors (Lipinski definition) is 2.